The van der Waals surface area contributed by atoms with Crippen molar-refractivity contribution in [3.63, 3.8) is 0 Å². The van der Waals surface area contributed by atoms with Gasteiger partial charge in [-0.1, -0.05) is 42.5 Å². The zero-order valence-electron chi connectivity index (χ0n) is 14.5. The number of fused-ring (bicyclic) bond motifs is 1. The van der Waals surface area contributed by atoms with Gasteiger partial charge >= 0.3 is 0 Å². The van der Waals surface area contributed by atoms with Crippen LogP contribution < -0.4 is 5.32 Å². The van der Waals surface area contributed by atoms with Gasteiger partial charge in [0.1, 0.15) is 5.69 Å². The molecule has 1 aliphatic heterocycles. The second kappa shape index (κ2) is 7.89. The molecule has 0 spiro atoms. The van der Waals surface area contributed by atoms with Crippen molar-refractivity contribution in [2.45, 2.75) is 6.54 Å². The molecule has 4 rings (SSSR count). The number of rotatable bonds is 4. The first-order valence-corrected chi connectivity index (χ1v) is 10.0. The third-order valence-electron chi connectivity index (χ3n) is 4.59. The molecule has 1 amide bonds. The molecule has 0 atom stereocenters. The minimum atomic E-state index is -0.169. The number of carbonyl (C=O) groups excluding carboxylic acids is 1. The van der Waals surface area contributed by atoms with Gasteiger partial charge in [0, 0.05) is 42.2 Å². The normalized spacial score (nSPS) is 15.1. The maximum absolute atomic E-state index is 12.7. The summed E-state index contributed by atoms with van der Waals surface area (Å²) in [6.07, 6.45) is 0. The van der Waals surface area contributed by atoms with Crippen LogP contribution in [0.3, 0.4) is 0 Å². The van der Waals surface area contributed by atoms with Crippen molar-refractivity contribution in [3.8, 4) is 0 Å². The molecule has 1 saturated heterocycles. The number of thioether (sulfide) groups is 1. The highest BCUT2D eigenvalue weighted by Crippen LogP contribution is 2.21. The van der Waals surface area contributed by atoms with Crippen molar-refractivity contribution in [1.29, 1.82) is 0 Å². The van der Waals surface area contributed by atoms with Crippen LogP contribution in [0.4, 0.5) is 5.69 Å². The summed E-state index contributed by atoms with van der Waals surface area (Å²) < 4.78 is 0. The molecule has 1 N–H and O–H groups in total. The smallest absolute Gasteiger partial charge is 0.274 e. The van der Waals surface area contributed by atoms with Crippen LogP contribution in [0.1, 0.15) is 16.1 Å². The average molecular weight is 363 g/mol. The van der Waals surface area contributed by atoms with Crippen LogP contribution >= 0.6 is 11.8 Å². The molecule has 0 aliphatic carbocycles. The number of nitrogens with one attached hydrogen (secondary N) is 1. The number of anilines is 1. The van der Waals surface area contributed by atoms with Crippen LogP contribution in [0.15, 0.2) is 60.7 Å². The largest absolute Gasteiger partial charge is 0.320 e. The van der Waals surface area contributed by atoms with Crippen molar-refractivity contribution in [2.75, 3.05) is 29.9 Å². The van der Waals surface area contributed by atoms with Crippen LogP contribution in [0.5, 0.6) is 0 Å². The summed E-state index contributed by atoms with van der Waals surface area (Å²) in [6, 6.07) is 19.6. The monoisotopic (exact) mass is 363 g/mol. The Hall–Kier alpha value is -2.37. The molecule has 1 aliphatic rings. The SMILES string of the molecule is O=C(Nc1ccccc1CN1CCSCC1)c1ccc2ccccc2n1. The van der Waals surface area contributed by atoms with Gasteiger partial charge in [-0.25, -0.2) is 4.98 Å². The topological polar surface area (TPSA) is 45.2 Å². The number of amides is 1. The Morgan fingerprint density at radius 1 is 1.00 bits per heavy atom. The molecule has 26 heavy (non-hydrogen) atoms. The lowest BCUT2D eigenvalue weighted by atomic mass is 10.1. The van der Waals surface area contributed by atoms with E-state index in [1.807, 2.05) is 60.3 Å². The van der Waals surface area contributed by atoms with Gasteiger partial charge in [0.2, 0.25) is 0 Å². The van der Waals surface area contributed by atoms with Gasteiger partial charge in [0.05, 0.1) is 5.52 Å². The molecular weight excluding hydrogens is 342 g/mol. The molecule has 4 nitrogen and oxygen atoms in total. The van der Waals surface area contributed by atoms with Crippen molar-refractivity contribution < 1.29 is 4.79 Å². The highest BCUT2D eigenvalue weighted by molar-refractivity contribution is 7.99. The van der Waals surface area contributed by atoms with Crippen LogP contribution in [-0.2, 0) is 6.54 Å². The first kappa shape index (κ1) is 17.1. The minimum absolute atomic E-state index is 0.169. The number of benzene rings is 2. The van der Waals surface area contributed by atoms with Crippen LogP contribution in [0, 0.1) is 0 Å². The first-order valence-electron chi connectivity index (χ1n) is 8.85. The molecule has 2 heterocycles. The number of pyridine rings is 1. The van der Waals surface area contributed by atoms with Gasteiger partial charge in [-0.15, -0.1) is 0 Å². The molecule has 0 bridgehead atoms. The lowest BCUT2D eigenvalue weighted by Gasteiger charge is -2.27. The molecule has 0 unspecified atom stereocenters. The van der Waals surface area contributed by atoms with Crippen LogP contribution in [0.2, 0.25) is 0 Å². The fourth-order valence-corrected chi connectivity index (χ4v) is 4.14. The number of para-hydroxylation sites is 2. The van der Waals surface area contributed by atoms with Gasteiger partial charge in [-0.3, -0.25) is 9.69 Å². The standard InChI is InChI=1S/C21H21N3OS/c25-21(20-10-9-16-5-1-3-7-18(16)22-20)23-19-8-4-2-6-17(19)15-24-11-13-26-14-12-24/h1-10H,11-15H2,(H,23,25). The number of carbonyl (C=O) groups is 1. The Kier molecular flexibility index (Phi) is 5.18. The average Bonchev–Trinajstić information content (AvgIpc) is 2.70. The Bertz CT molecular complexity index is 922. The highest BCUT2D eigenvalue weighted by Gasteiger charge is 2.15. The molecular formula is C21H21N3OS. The third kappa shape index (κ3) is 3.89. The minimum Gasteiger partial charge on any atom is -0.320 e. The summed E-state index contributed by atoms with van der Waals surface area (Å²) in [4.78, 5) is 19.6. The molecule has 132 valence electrons. The van der Waals surface area contributed by atoms with E-state index in [4.69, 9.17) is 0 Å². The zero-order chi connectivity index (χ0) is 17.8. The molecule has 1 aromatic heterocycles. The summed E-state index contributed by atoms with van der Waals surface area (Å²) in [7, 11) is 0. The van der Waals surface area contributed by atoms with Crippen molar-refractivity contribution in [1.82, 2.24) is 9.88 Å². The van der Waals surface area contributed by atoms with E-state index in [2.05, 4.69) is 21.3 Å². The van der Waals surface area contributed by atoms with Crippen molar-refractivity contribution in [2.24, 2.45) is 0 Å². The molecule has 2 aromatic carbocycles. The molecule has 0 saturated carbocycles. The Morgan fingerprint density at radius 2 is 1.77 bits per heavy atom. The van der Waals surface area contributed by atoms with Gasteiger partial charge in [-0.05, 0) is 23.8 Å². The van der Waals surface area contributed by atoms with E-state index in [1.165, 1.54) is 11.5 Å². The van der Waals surface area contributed by atoms with Crippen LogP contribution in [-0.4, -0.2) is 40.4 Å². The molecule has 1 fully saturated rings. The van der Waals surface area contributed by atoms with Gasteiger partial charge in [-0.2, -0.15) is 11.8 Å². The second-order valence-corrected chi connectivity index (χ2v) is 7.61. The lowest BCUT2D eigenvalue weighted by Crippen LogP contribution is -2.32. The third-order valence-corrected chi connectivity index (χ3v) is 5.54. The van der Waals surface area contributed by atoms with Crippen molar-refractivity contribution in [3.05, 3.63) is 71.9 Å². The first-order chi connectivity index (χ1) is 12.8. The van der Waals surface area contributed by atoms with Gasteiger partial charge < -0.3 is 5.32 Å². The van der Waals surface area contributed by atoms with E-state index in [-0.39, 0.29) is 5.91 Å². The highest BCUT2D eigenvalue weighted by atomic mass is 32.2. The number of hydrogen-bond acceptors (Lipinski definition) is 4. The number of nitrogens with zero attached hydrogens (tertiary/aromatic N) is 2. The van der Waals surface area contributed by atoms with Crippen LogP contribution in [0.25, 0.3) is 10.9 Å². The Morgan fingerprint density at radius 3 is 2.65 bits per heavy atom. The Balaban J connectivity index is 1.53. The van der Waals surface area contributed by atoms with E-state index in [9.17, 15) is 4.79 Å². The fraction of sp³-hybridized carbons (Fsp3) is 0.238. The predicted molar refractivity (Wildman–Crippen MR) is 109 cm³/mol. The quantitative estimate of drug-likeness (QED) is 0.760. The second-order valence-electron chi connectivity index (χ2n) is 6.39. The van der Waals surface area contributed by atoms with E-state index in [1.54, 1.807) is 6.07 Å². The molecule has 3 aromatic rings. The zero-order valence-corrected chi connectivity index (χ0v) is 15.3. The van der Waals surface area contributed by atoms with Crippen molar-refractivity contribution >= 4 is 34.3 Å². The molecule has 0 radical (unpaired) electrons. The summed E-state index contributed by atoms with van der Waals surface area (Å²) in [5, 5.41) is 4.08. The Labute approximate surface area is 157 Å². The lowest BCUT2D eigenvalue weighted by molar-refractivity contribution is 0.102. The van der Waals surface area contributed by atoms with E-state index in [0.29, 0.717) is 5.69 Å². The maximum Gasteiger partial charge on any atom is 0.274 e. The van der Waals surface area contributed by atoms with E-state index in [0.717, 1.165) is 41.8 Å². The van der Waals surface area contributed by atoms with Gasteiger partial charge in [0.15, 0.2) is 0 Å². The number of hydrogen-bond donors (Lipinski definition) is 1. The maximum atomic E-state index is 12.7. The summed E-state index contributed by atoms with van der Waals surface area (Å²) >= 11 is 2.00. The fourth-order valence-electron chi connectivity index (χ4n) is 3.16. The van der Waals surface area contributed by atoms with E-state index < -0.39 is 0 Å². The van der Waals surface area contributed by atoms with E-state index >= 15 is 0 Å². The molecule has 5 heteroatoms. The summed E-state index contributed by atoms with van der Waals surface area (Å²) in [6.45, 7) is 3.06. The number of aromatic nitrogens is 1. The predicted octanol–water partition coefficient (Wildman–Crippen LogP) is 4.04. The summed E-state index contributed by atoms with van der Waals surface area (Å²) in [5.41, 5.74) is 3.28. The van der Waals surface area contributed by atoms with Gasteiger partial charge in [0.25, 0.3) is 5.91 Å². The summed E-state index contributed by atoms with van der Waals surface area (Å²) in [5.74, 6) is 2.18.